The van der Waals surface area contributed by atoms with Crippen molar-refractivity contribution in [3.05, 3.63) is 60.0 Å². The van der Waals surface area contributed by atoms with Gasteiger partial charge in [-0.25, -0.2) is 14.4 Å². The Labute approximate surface area is 228 Å². The number of aromatic nitrogens is 4. The van der Waals surface area contributed by atoms with Crippen molar-refractivity contribution in [2.75, 3.05) is 25.6 Å². The summed E-state index contributed by atoms with van der Waals surface area (Å²) in [5, 5.41) is 20.3. The number of nitrogens with one attached hydrogen (secondary N) is 1. The molecule has 12 heteroatoms. The number of nitrogens with zero attached hydrogens (tertiary/aromatic N) is 4. The summed E-state index contributed by atoms with van der Waals surface area (Å²) < 4.78 is 38.6. The Morgan fingerprint density at radius 1 is 1.21 bits per heavy atom. The zero-order valence-electron chi connectivity index (χ0n) is 21.3. The molecule has 0 radical (unpaired) electrons. The molecule has 3 atom stereocenters. The van der Waals surface area contributed by atoms with E-state index < -0.39 is 17.0 Å². The lowest BCUT2D eigenvalue weighted by molar-refractivity contribution is 0.190. The van der Waals surface area contributed by atoms with Crippen LogP contribution in [0.5, 0.6) is 0 Å². The van der Waals surface area contributed by atoms with Gasteiger partial charge in [0.1, 0.15) is 11.1 Å². The summed E-state index contributed by atoms with van der Waals surface area (Å²) in [4.78, 5) is 9.42. The maximum Gasteiger partial charge on any atom is 0.270 e. The SMILES string of the molecule is CC(CCO)[S+]([O-])c1ccc(-c2cnc(N)c(-c3nnc(-c4ccc(CNC5CCOC5)cc4F)o3)n2)cc1. The van der Waals surface area contributed by atoms with E-state index >= 15 is 0 Å². The van der Waals surface area contributed by atoms with Crippen molar-refractivity contribution in [3.63, 3.8) is 0 Å². The number of halogens is 1. The van der Waals surface area contributed by atoms with Gasteiger partial charge < -0.3 is 29.9 Å². The monoisotopic (exact) mass is 552 g/mol. The van der Waals surface area contributed by atoms with E-state index in [0.717, 1.165) is 24.2 Å². The number of hydrogen-bond acceptors (Lipinski definition) is 10. The molecule has 204 valence electrons. The second kappa shape index (κ2) is 12.2. The molecule has 10 nitrogen and oxygen atoms in total. The number of rotatable bonds is 10. The molecule has 2 aromatic heterocycles. The van der Waals surface area contributed by atoms with Crippen LogP contribution in [-0.2, 0) is 22.5 Å². The van der Waals surface area contributed by atoms with Crippen molar-refractivity contribution >= 4 is 17.0 Å². The number of hydrogen-bond donors (Lipinski definition) is 3. The molecule has 3 heterocycles. The second-order valence-electron chi connectivity index (χ2n) is 9.30. The zero-order chi connectivity index (χ0) is 27.4. The molecule has 1 fully saturated rings. The van der Waals surface area contributed by atoms with Gasteiger partial charge in [0.25, 0.3) is 11.8 Å². The van der Waals surface area contributed by atoms with Crippen LogP contribution in [0.15, 0.2) is 58.0 Å². The van der Waals surface area contributed by atoms with E-state index in [9.17, 15) is 8.94 Å². The van der Waals surface area contributed by atoms with Gasteiger partial charge >= 0.3 is 0 Å². The van der Waals surface area contributed by atoms with E-state index in [1.54, 1.807) is 36.4 Å². The molecule has 4 N–H and O–H groups in total. The number of benzene rings is 2. The van der Waals surface area contributed by atoms with Crippen molar-refractivity contribution in [2.45, 2.75) is 42.5 Å². The van der Waals surface area contributed by atoms with Crippen LogP contribution in [0.1, 0.15) is 25.3 Å². The Kier molecular flexibility index (Phi) is 8.48. The third-order valence-electron chi connectivity index (χ3n) is 6.50. The van der Waals surface area contributed by atoms with Crippen LogP contribution in [0.4, 0.5) is 10.2 Å². The molecular weight excluding hydrogens is 523 g/mol. The highest BCUT2D eigenvalue weighted by molar-refractivity contribution is 7.92. The van der Waals surface area contributed by atoms with E-state index in [4.69, 9.17) is 20.0 Å². The minimum atomic E-state index is -1.24. The molecule has 2 aromatic carbocycles. The molecule has 0 saturated carbocycles. The normalized spacial score (nSPS) is 16.9. The maximum absolute atomic E-state index is 14.9. The summed E-state index contributed by atoms with van der Waals surface area (Å²) >= 11 is -1.24. The Balaban J connectivity index is 1.33. The molecular formula is C27H29FN6O4S. The predicted molar refractivity (Wildman–Crippen MR) is 144 cm³/mol. The minimum Gasteiger partial charge on any atom is -0.611 e. The summed E-state index contributed by atoms with van der Waals surface area (Å²) in [6.45, 7) is 3.74. The van der Waals surface area contributed by atoms with Gasteiger partial charge in [0.2, 0.25) is 0 Å². The summed E-state index contributed by atoms with van der Waals surface area (Å²) in [5.41, 5.74) is 8.41. The average molecular weight is 553 g/mol. The molecule has 39 heavy (non-hydrogen) atoms. The average Bonchev–Trinajstić information content (AvgIpc) is 3.65. The summed E-state index contributed by atoms with van der Waals surface area (Å²) in [7, 11) is 0. The first-order valence-electron chi connectivity index (χ1n) is 12.6. The van der Waals surface area contributed by atoms with Crippen molar-refractivity contribution in [1.82, 2.24) is 25.5 Å². The number of nitrogens with two attached hydrogens (primary N) is 1. The summed E-state index contributed by atoms with van der Waals surface area (Å²) in [6, 6.07) is 12.2. The van der Waals surface area contributed by atoms with Crippen LogP contribution in [0.25, 0.3) is 34.3 Å². The van der Waals surface area contributed by atoms with E-state index in [1.807, 2.05) is 6.92 Å². The van der Waals surface area contributed by atoms with Gasteiger partial charge in [-0.2, -0.15) is 0 Å². The van der Waals surface area contributed by atoms with E-state index in [-0.39, 0.29) is 46.8 Å². The number of ether oxygens (including phenoxy) is 1. The standard InChI is InChI=1S/C27H29FN6O4S/c1-16(8-10-35)39(36)20-5-3-18(4-6-20)23-14-31-25(29)24(32-23)27-34-33-26(38-27)21-7-2-17(12-22(21)28)13-30-19-9-11-37-15-19/h2-7,12,14,16,19,30,35H,8-11,13,15H2,1H3,(H2,29,31). The number of nitrogen functional groups attached to an aromatic ring is 1. The van der Waals surface area contributed by atoms with Crippen molar-refractivity contribution in [3.8, 4) is 34.3 Å². The Hall–Kier alpha value is -3.42. The highest BCUT2D eigenvalue weighted by Crippen LogP contribution is 2.30. The number of aliphatic hydroxyl groups excluding tert-OH is 1. The van der Waals surface area contributed by atoms with Crippen molar-refractivity contribution < 1.29 is 23.2 Å². The van der Waals surface area contributed by atoms with Crippen molar-refractivity contribution in [1.29, 1.82) is 0 Å². The van der Waals surface area contributed by atoms with Crippen LogP contribution in [0.3, 0.4) is 0 Å². The van der Waals surface area contributed by atoms with Crippen LogP contribution >= 0.6 is 0 Å². The number of anilines is 1. The predicted octanol–water partition coefficient (Wildman–Crippen LogP) is 3.34. The van der Waals surface area contributed by atoms with Gasteiger partial charge in [-0.05, 0) is 66.5 Å². The van der Waals surface area contributed by atoms with Gasteiger partial charge in [-0.1, -0.05) is 6.07 Å². The molecule has 5 rings (SSSR count). The minimum absolute atomic E-state index is 0.00152. The molecule has 0 spiro atoms. The summed E-state index contributed by atoms with van der Waals surface area (Å²) in [6.07, 6.45) is 2.91. The number of aliphatic hydroxyl groups is 1. The first-order valence-corrected chi connectivity index (χ1v) is 13.8. The first kappa shape index (κ1) is 27.2. The third kappa shape index (κ3) is 6.26. The van der Waals surface area contributed by atoms with E-state index in [0.29, 0.717) is 30.2 Å². The molecule has 1 aliphatic heterocycles. The largest absolute Gasteiger partial charge is 0.611 e. The maximum atomic E-state index is 14.9. The van der Waals surface area contributed by atoms with Gasteiger partial charge in [-0.3, -0.25) is 0 Å². The highest BCUT2D eigenvalue weighted by atomic mass is 32.2. The van der Waals surface area contributed by atoms with Crippen LogP contribution in [0.2, 0.25) is 0 Å². The lowest BCUT2D eigenvalue weighted by Crippen LogP contribution is -2.28. The Morgan fingerprint density at radius 2 is 2.00 bits per heavy atom. The molecule has 1 aliphatic rings. The fourth-order valence-electron chi connectivity index (χ4n) is 4.20. The second-order valence-corrected chi connectivity index (χ2v) is 11.2. The molecule has 0 amide bonds. The Bertz CT molecular complexity index is 1410. The van der Waals surface area contributed by atoms with Gasteiger partial charge in [0.05, 0.1) is 24.1 Å². The molecule has 3 unspecified atom stereocenters. The van der Waals surface area contributed by atoms with Gasteiger partial charge in [-0.15, -0.1) is 10.2 Å². The van der Waals surface area contributed by atoms with E-state index in [1.165, 1.54) is 12.3 Å². The van der Waals surface area contributed by atoms with Gasteiger partial charge in [0, 0.05) is 37.8 Å². The fourth-order valence-corrected chi connectivity index (χ4v) is 5.39. The lowest BCUT2D eigenvalue weighted by atomic mass is 10.1. The van der Waals surface area contributed by atoms with Crippen LogP contribution < -0.4 is 11.1 Å². The molecule has 1 saturated heterocycles. The topological polar surface area (TPSA) is 155 Å². The third-order valence-corrected chi connectivity index (χ3v) is 8.20. The first-order chi connectivity index (χ1) is 18.9. The van der Waals surface area contributed by atoms with Crippen molar-refractivity contribution in [2.24, 2.45) is 0 Å². The zero-order valence-corrected chi connectivity index (χ0v) is 22.2. The molecule has 4 aromatic rings. The van der Waals surface area contributed by atoms with Gasteiger partial charge in [0.15, 0.2) is 16.4 Å². The summed E-state index contributed by atoms with van der Waals surface area (Å²) in [5.74, 6) is -0.381. The quantitative estimate of drug-likeness (QED) is 0.249. The van der Waals surface area contributed by atoms with Crippen LogP contribution in [0, 0.1) is 5.82 Å². The molecule has 0 bridgehead atoms. The Morgan fingerprint density at radius 3 is 2.72 bits per heavy atom. The lowest BCUT2D eigenvalue weighted by Gasteiger charge is -2.17. The van der Waals surface area contributed by atoms with E-state index in [2.05, 4.69) is 25.5 Å². The molecule has 0 aliphatic carbocycles. The fraction of sp³-hybridized carbons (Fsp3) is 0.333. The smallest absolute Gasteiger partial charge is 0.270 e. The highest BCUT2D eigenvalue weighted by Gasteiger charge is 2.21. The van der Waals surface area contributed by atoms with Crippen LogP contribution in [-0.4, -0.2) is 60.9 Å².